The van der Waals surface area contributed by atoms with E-state index in [0.29, 0.717) is 29.9 Å². The summed E-state index contributed by atoms with van der Waals surface area (Å²) in [7, 11) is 1.60. The van der Waals surface area contributed by atoms with Crippen LogP contribution in [-0.4, -0.2) is 19.0 Å². The summed E-state index contributed by atoms with van der Waals surface area (Å²) in [6, 6.07) is 5.71. The molecule has 1 aromatic rings. The van der Waals surface area contributed by atoms with E-state index in [-0.39, 0.29) is 5.84 Å². The second kappa shape index (κ2) is 7.46. The number of nitrogens with one attached hydrogen (secondary N) is 1. The van der Waals surface area contributed by atoms with Gasteiger partial charge < -0.3 is 15.2 Å². The molecule has 1 aromatic carbocycles. The minimum atomic E-state index is 0.0256. The van der Waals surface area contributed by atoms with Crippen LogP contribution in [-0.2, 0) is 11.3 Å². The van der Waals surface area contributed by atoms with Gasteiger partial charge in [0, 0.05) is 0 Å². The largest absolute Gasteiger partial charge is 0.496 e. The number of hydrogen-bond acceptors (Lipinski definition) is 3. The molecule has 21 heavy (non-hydrogen) atoms. The Kier molecular flexibility index (Phi) is 5.62. The average molecular weight is 290 g/mol. The van der Waals surface area contributed by atoms with Crippen molar-refractivity contribution < 1.29 is 9.47 Å². The van der Waals surface area contributed by atoms with E-state index in [9.17, 15) is 0 Å². The van der Waals surface area contributed by atoms with Gasteiger partial charge in [0.05, 0.1) is 25.4 Å². The lowest BCUT2D eigenvalue weighted by Gasteiger charge is -2.30. The fourth-order valence-corrected chi connectivity index (χ4v) is 3.11. The third kappa shape index (κ3) is 3.97. The van der Waals surface area contributed by atoms with Gasteiger partial charge in [-0.2, -0.15) is 0 Å². The van der Waals surface area contributed by atoms with Gasteiger partial charge in [0.2, 0.25) is 0 Å². The molecule has 0 bridgehead atoms. The van der Waals surface area contributed by atoms with Gasteiger partial charge in [-0.1, -0.05) is 32.3 Å². The average Bonchev–Trinajstić information content (AvgIpc) is 2.52. The summed E-state index contributed by atoms with van der Waals surface area (Å²) in [4.78, 5) is 0. The zero-order chi connectivity index (χ0) is 15.2. The van der Waals surface area contributed by atoms with Crippen molar-refractivity contribution in [3.63, 3.8) is 0 Å². The second-order valence-electron chi connectivity index (χ2n) is 5.75. The third-order valence-corrected chi connectivity index (χ3v) is 4.38. The van der Waals surface area contributed by atoms with Crippen LogP contribution in [0.5, 0.6) is 5.75 Å². The van der Waals surface area contributed by atoms with Crippen molar-refractivity contribution in [3.05, 3.63) is 29.3 Å². The minimum absolute atomic E-state index is 0.0256. The highest BCUT2D eigenvalue weighted by Crippen LogP contribution is 2.30. The highest BCUT2D eigenvalue weighted by Gasteiger charge is 2.24. The molecule has 1 aliphatic rings. The van der Waals surface area contributed by atoms with Crippen molar-refractivity contribution in [1.82, 2.24) is 0 Å². The fraction of sp³-hybridized carbons (Fsp3) is 0.588. The predicted octanol–water partition coefficient (Wildman–Crippen LogP) is 3.46. The zero-order valence-corrected chi connectivity index (χ0v) is 13.0. The highest BCUT2D eigenvalue weighted by atomic mass is 16.5. The van der Waals surface area contributed by atoms with Crippen molar-refractivity contribution in [3.8, 4) is 5.75 Å². The number of ether oxygens (including phenoxy) is 2. The number of hydrogen-bond donors (Lipinski definition) is 2. The van der Waals surface area contributed by atoms with Gasteiger partial charge in [-0.05, 0) is 36.5 Å². The van der Waals surface area contributed by atoms with Gasteiger partial charge in [0.15, 0.2) is 0 Å². The summed E-state index contributed by atoms with van der Waals surface area (Å²) in [6.45, 7) is 2.84. The molecule has 2 rings (SSSR count). The van der Waals surface area contributed by atoms with Gasteiger partial charge in [-0.3, -0.25) is 5.41 Å². The van der Waals surface area contributed by atoms with Crippen LogP contribution >= 0.6 is 0 Å². The predicted molar refractivity (Wildman–Crippen MR) is 84.8 cm³/mol. The molecule has 4 nitrogen and oxygen atoms in total. The van der Waals surface area contributed by atoms with E-state index in [2.05, 4.69) is 6.92 Å². The van der Waals surface area contributed by atoms with Crippen LogP contribution in [0.2, 0.25) is 0 Å². The molecule has 0 heterocycles. The van der Waals surface area contributed by atoms with E-state index in [1.165, 1.54) is 32.1 Å². The van der Waals surface area contributed by atoms with Crippen molar-refractivity contribution in [1.29, 1.82) is 5.41 Å². The normalized spacial score (nSPS) is 22.0. The van der Waals surface area contributed by atoms with Gasteiger partial charge in [-0.15, -0.1) is 0 Å². The molecule has 4 heteroatoms. The first-order valence-corrected chi connectivity index (χ1v) is 7.78. The quantitative estimate of drug-likeness (QED) is 0.622. The molecule has 0 spiro atoms. The molecule has 1 aliphatic carbocycles. The van der Waals surface area contributed by atoms with Crippen LogP contribution in [0.25, 0.3) is 0 Å². The van der Waals surface area contributed by atoms with Crippen molar-refractivity contribution in [2.75, 3.05) is 7.11 Å². The van der Waals surface area contributed by atoms with E-state index in [4.69, 9.17) is 20.6 Å². The lowest BCUT2D eigenvalue weighted by molar-refractivity contribution is -0.0222. The van der Waals surface area contributed by atoms with Crippen LogP contribution in [0, 0.1) is 11.3 Å². The first-order valence-electron chi connectivity index (χ1n) is 7.78. The first-order chi connectivity index (χ1) is 10.2. The summed E-state index contributed by atoms with van der Waals surface area (Å²) in [5.74, 6) is 1.36. The molecule has 1 fully saturated rings. The molecular weight excluding hydrogens is 264 g/mol. The molecule has 0 aliphatic heterocycles. The summed E-state index contributed by atoms with van der Waals surface area (Å²) >= 11 is 0. The Balaban J connectivity index is 2.01. The van der Waals surface area contributed by atoms with E-state index < -0.39 is 0 Å². The monoisotopic (exact) mass is 290 g/mol. The summed E-state index contributed by atoms with van der Waals surface area (Å²) in [6.07, 6.45) is 6.63. The van der Waals surface area contributed by atoms with Crippen molar-refractivity contribution in [2.24, 2.45) is 11.7 Å². The third-order valence-electron chi connectivity index (χ3n) is 4.38. The van der Waals surface area contributed by atoms with Crippen LogP contribution in [0.1, 0.15) is 50.2 Å². The maximum atomic E-state index is 7.53. The number of amidine groups is 1. The smallest absolute Gasteiger partial charge is 0.130 e. The number of nitrogen functional groups attached to an aromatic ring is 1. The Morgan fingerprint density at radius 2 is 2.10 bits per heavy atom. The van der Waals surface area contributed by atoms with Gasteiger partial charge in [0.1, 0.15) is 11.6 Å². The first kappa shape index (κ1) is 15.8. The molecule has 0 aromatic heterocycles. The zero-order valence-electron chi connectivity index (χ0n) is 13.0. The summed E-state index contributed by atoms with van der Waals surface area (Å²) < 4.78 is 11.4. The minimum Gasteiger partial charge on any atom is -0.496 e. The summed E-state index contributed by atoms with van der Waals surface area (Å²) in [5, 5.41) is 7.53. The van der Waals surface area contributed by atoms with E-state index in [1.54, 1.807) is 7.11 Å². The Morgan fingerprint density at radius 3 is 2.76 bits per heavy atom. The SMILES string of the molecule is CCC1CCCCC1OCc1ccc(C(=N)N)c(OC)c1. The lowest BCUT2D eigenvalue weighted by atomic mass is 9.85. The van der Waals surface area contributed by atoms with E-state index >= 15 is 0 Å². The molecule has 2 atom stereocenters. The molecule has 2 unspecified atom stereocenters. The maximum absolute atomic E-state index is 7.53. The number of benzene rings is 1. The molecule has 0 saturated heterocycles. The summed E-state index contributed by atoms with van der Waals surface area (Å²) in [5.41, 5.74) is 7.24. The number of nitrogens with two attached hydrogens (primary N) is 1. The van der Waals surface area contributed by atoms with Crippen LogP contribution < -0.4 is 10.5 Å². The van der Waals surface area contributed by atoms with Crippen LogP contribution in [0.3, 0.4) is 0 Å². The van der Waals surface area contributed by atoms with Gasteiger partial charge in [-0.25, -0.2) is 0 Å². The Hall–Kier alpha value is -1.55. The van der Waals surface area contributed by atoms with Crippen LogP contribution in [0.15, 0.2) is 18.2 Å². The van der Waals surface area contributed by atoms with Gasteiger partial charge in [0.25, 0.3) is 0 Å². The standard InChI is InChI=1S/C17H26N2O2/c1-3-13-6-4-5-7-15(13)21-11-12-8-9-14(17(18)19)16(10-12)20-2/h8-10,13,15H,3-7,11H2,1-2H3,(H3,18,19). The van der Waals surface area contributed by atoms with Crippen molar-refractivity contribution in [2.45, 2.75) is 51.7 Å². The highest BCUT2D eigenvalue weighted by molar-refractivity contribution is 5.97. The van der Waals surface area contributed by atoms with E-state index in [1.807, 2.05) is 18.2 Å². The van der Waals surface area contributed by atoms with E-state index in [0.717, 1.165) is 5.56 Å². The maximum Gasteiger partial charge on any atom is 0.130 e. The number of rotatable bonds is 6. The Labute approximate surface area is 127 Å². The molecule has 3 N–H and O–H groups in total. The molecular formula is C17H26N2O2. The topological polar surface area (TPSA) is 68.3 Å². The second-order valence-corrected chi connectivity index (χ2v) is 5.75. The Morgan fingerprint density at radius 1 is 1.33 bits per heavy atom. The van der Waals surface area contributed by atoms with Gasteiger partial charge >= 0.3 is 0 Å². The van der Waals surface area contributed by atoms with Crippen molar-refractivity contribution >= 4 is 5.84 Å². The fourth-order valence-electron chi connectivity index (χ4n) is 3.11. The Bertz CT molecular complexity index is 488. The number of methoxy groups -OCH3 is 1. The molecule has 0 radical (unpaired) electrons. The molecule has 116 valence electrons. The lowest BCUT2D eigenvalue weighted by Crippen LogP contribution is -2.27. The molecule has 1 saturated carbocycles. The van der Waals surface area contributed by atoms with Crippen LogP contribution in [0.4, 0.5) is 0 Å². The molecule has 0 amide bonds.